The van der Waals surface area contributed by atoms with Gasteiger partial charge in [-0.05, 0) is 24.4 Å². The standard InChI is InChI=1S/C9H11N5S/c1-13(2)14-8(11-12-9(14)15)7-5-3-4-6-10-7/h3-6H,1-2H3,(H,12,15). The van der Waals surface area contributed by atoms with Gasteiger partial charge in [0.2, 0.25) is 4.77 Å². The Hall–Kier alpha value is -1.69. The highest BCUT2D eigenvalue weighted by atomic mass is 32.1. The van der Waals surface area contributed by atoms with Gasteiger partial charge in [0.25, 0.3) is 0 Å². The van der Waals surface area contributed by atoms with Crippen LogP contribution in [-0.2, 0) is 0 Å². The van der Waals surface area contributed by atoms with Crippen LogP contribution in [0, 0.1) is 4.77 Å². The molecule has 15 heavy (non-hydrogen) atoms. The van der Waals surface area contributed by atoms with Crippen LogP contribution in [0.5, 0.6) is 0 Å². The molecule has 2 aromatic heterocycles. The fraction of sp³-hybridized carbons (Fsp3) is 0.222. The monoisotopic (exact) mass is 221 g/mol. The van der Waals surface area contributed by atoms with Gasteiger partial charge in [-0.1, -0.05) is 6.07 Å². The van der Waals surface area contributed by atoms with Crippen molar-refractivity contribution in [3.8, 4) is 11.5 Å². The summed E-state index contributed by atoms with van der Waals surface area (Å²) < 4.78 is 2.35. The van der Waals surface area contributed by atoms with E-state index in [2.05, 4.69) is 15.2 Å². The maximum absolute atomic E-state index is 5.12. The van der Waals surface area contributed by atoms with Crippen LogP contribution in [0.3, 0.4) is 0 Å². The summed E-state index contributed by atoms with van der Waals surface area (Å²) in [4.78, 5) is 4.23. The first-order chi connectivity index (χ1) is 7.20. The van der Waals surface area contributed by atoms with Gasteiger partial charge in [-0.15, -0.1) is 0 Å². The highest BCUT2D eigenvalue weighted by Gasteiger charge is 2.10. The molecule has 0 spiro atoms. The fourth-order valence-electron chi connectivity index (χ4n) is 1.32. The van der Waals surface area contributed by atoms with Gasteiger partial charge in [0.1, 0.15) is 5.69 Å². The summed E-state index contributed by atoms with van der Waals surface area (Å²) in [6.07, 6.45) is 1.73. The normalized spacial score (nSPS) is 10.3. The molecule has 2 aromatic rings. The smallest absolute Gasteiger partial charge is 0.214 e. The summed E-state index contributed by atoms with van der Waals surface area (Å²) in [5.41, 5.74) is 0.790. The second-order valence-electron chi connectivity index (χ2n) is 3.23. The molecule has 0 fully saturated rings. The molecule has 0 amide bonds. The van der Waals surface area contributed by atoms with Crippen molar-refractivity contribution in [2.24, 2.45) is 0 Å². The van der Waals surface area contributed by atoms with Crippen LogP contribution in [0.25, 0.3) is 11.5 Å². The molecule has 2 heterocycles. The topological polar surface area (TPSA) is 49.7 Å². The van der Waals surface area contributed by atoms with Gasteiger partial charge >= 0.3 is 0 Å². The molecule has 0 unspecified atom stereocenters. The molecule has 0 bridgehead atoms. The Bertz CT molecular complexity index is 499. The second-order valence-corrected chi connectivity index (χ2v) is 3.61. The molecular weight excluding hydrogens is 210 g/mol. The van der Waals surface area contributed by atoms with E-state index in [-0.39, 0.29) is 0 Å². The number of nitrogens with one attached hydrogen (secondary N) is 1. The number of aromatic nitrogens is 4. The lowest BCUT2D eigenvalue weighted by molar-refractivity contribution is 0.723. The summed E-state index contributed by atoms with van der Waals surface area (Å²) in [7, 11) is 3.80. The third kappa shape index (κ3) is 1.75. The van der Waals surface area contributed by atoms with E-state index in [0.717, 1.165) is 5.69 Å². The van der Waals surface area contributed by atoms with E-state index in [1.54, 1.807) is 10.9 Å². The van der Waals surface area contributed by atoms with Crippen LogP contribution in [0.2, 0.25) is 0 Å². The molecule has 6 heteroatoms. The Morgan fingerprint density at radius 3 is 2.80 bits per heavy atom. The van der Waals surface area contributed by atoms with Crippen molar-refractivity contribution >= 4 is 12.2 Å². The lowest BCUT2D eigenvalue weighted by Gasteiger charge is -2.15. The molecular formula is C9H11N5S. The Labute approximate surface area is 92.4 Å². The summed E-state index contributed by atoms with van der Waals surface area (Å²) >= 11 is 5.12. The van der Waals surface area contributed by atoms with Crippen LogP contribution < -0.4 is 5.01 Å². The molecule has 1 N–H and O–H groups in total. The number of rotatable bonds is 2. The molecule has 0 radical (unpaired) electrons. The zero-order chi connectivity index (χ0) is 10.8. The predicted molar refractivity (Wildman–Crippen MR) is 60.7 cm³/mol. The molecule has 0 aliphatic rings. The maximum atomic E-state index is 5.12. The van der Waals surface area contributed by atoms with Gasteiger partial charge in [-0.2, -0.15) is 5.10 Å². The van der Waals surface area contributed by atoms with Gasteiger partial charge in [0.05, 0.1) is 0 Å². The molecule has 78 valence electrons. The number of hydrogen-bond acceptors (Lipinski definition) is 4. The highest BCUT2D eigenvalue weighted by molar-refractivity contribution is 7.71. The van der Waals surface area contributed by atoms with E-state index in [1.807, 2.05) is 37.3 Å². The van der Waals surface area contributed by atoms with Crippen molar-refractivity contribution < 1.29 is 0 Å². The van der Waals surface area contributed by atoms with Crippen LogP contribution in [0.1, 0.15) is 0 Å². The minimum Gasteiger partial charge on any atom is -0.315 e. The van der Waals surface area contributed by atoms with Crippen LogP contribution >= 0.6 is 12.2 Å². The molecule has 0 saturated heterocycles. The van der Waals surface area contributed by atoms with E-state index >= 15 is 0 Å². The summed E-state index contributed by atoms with van der Waals surface area (Å²) in [5.74, 6) is 0.714. The Morgan fingerprint density at radius 2 is 2.20 bits per heavy atom. The number of H-pyrrole nitrogens is 1. The van der Waals surface area contributed by atoms with Crippen molar-refractivity contribution in [1.82, 2.24) is 19.9 Å². The number of pyridine rings is 1. The van der Waals surface area contributed by atoms with E-state index in [9.17, 15) is 0 Å². The van der Waals surface area contributed by atoms with Crippen molar-refractivity contribution in [3.05, 3.63) is 29.2 Å². The molecule has 0 atom stereocenters. The largest absolute Gasteiger partial charge is 0.315 e. The molecule has 2 rings (SSSR count). The predicted octanol–water partition coefficient (Wildman–Crippen LogP) is 1.20. The average molecular weight is 221 g/mol. The molecule has 5 nitrogen and oxygen atoms in total. The first-order valence-electron chi connectivity index (χ1n) is 4.46. The van der Waals surface area contributed by atoms with Crippen LogP contribution in [0.15, 0.2) is 24.4 Å². The van der Waals surface area contributed by atoms with Crippen molar-refractivity contribution in [2.75, 3.05) is 19.1 Å². The Kier molecular flexibility index (Phi) is 2.51. The first-order valence-corrected chi connectivity index (χ1v) is 4.87. The van der Waals surface area contributed by atoms with Gasteiger partial charge in [-0.3, -0.25) is 4.98 Å². The maximum Gasteiger partial charge on any atom is 0.214 e. The first kappa shape index (κ1) is 9.85. The minimum atomic E-state index is 0.556. The second kappa shape index (κ2) is 3.82. The van der Waals surface area contributed by atoms with Gasteiger partial charge in [-0.25, -0.2) is 9.77 Å². The number of aromatic amines is 1. The SMILES string of the molecule is CN(C)n1c(-c2ccccn2)n[nH]c1=S. The number of nitrogens with zero attached hydrogens (tertiary/aromatic N) is 4. The molecule has 0 aliphatic heterocycles. The minimum absolute atomic E-state index is 0.556. The number of hydrogen-bond donors (Lipinski definition) is 1. The third-order valence-electron chi connectivity index (χ3n) is 1.94. The quantitative estimate of drug-likeness (QED) is 0.774. The zero-order valence-corrected chi connectivity index (χ0v) is 9.32. The molecule has 0 saturated carbocycles. The third-order valence-corrected chi connectivity index (χ3v) is 2.21. The summed E-state index contributed by atoms with van der Waals surface area (Å²) in [6, 6.07) is 5.68. The van der Waals surface area contributed by atoms with E-state index in [4.69, 9.17) is 12.2 Å². The van der Waals surface area contributed by atoms with Crippen molar-refractivity contribution in [2.45, 2.75) is 0 Å². The average Bonchev–Trinajstić information content (AvgIpc) is 2.61. The van der Waals surface area contributed by atoms with E-state index < -0.39 is 0 Å². The van der Waals surface area contributed by atoms with Gasteiger partial charge in [0.15, 0.2) is 5.82 Å². The van der Waals surface area contributed by atoms with Gasteiger partial charge < -0.3 is 5.01 Å². The Balaban J connectivity index is 2.59. The van der Waals surface area contributed by atoms with Crippen molar-refractivity contribution in [1.29, 1.82) is 0 Å². The van der Waals surface area contributed by atoms with Crippen LogP contribution in [-0.4, -0.2) is 34.0 Å². The van der Waals surface area contributed by atoms with E-state index in [1.165, 1.54) is 0 Å². The van der Waals surface area contributed by atoms with Gasteiger partial charge in [0, 0.05) is 20.3 Å². The lowest BCUT2D eigenvalue weighted by Crippen LogP contribution is -2.25. The fourth-order valence-corrected chi connectivity index (χ4v) is 1.62. The van der Waals surface area contributed by atoms with E-state index in [0.29, 0.717) is 10.6 Å². The molecule has 0 aromatic carbocycles. The Morgan fingerprint density at radius 1 is 1.40 bits per heavy atom. The van der Waals surface area contributed by atoms with Crippen molar-refractivity contribution in [3.63, 3.8) is 0 Å². The summed E-state index contributed by atoms with van der Waals surface area (Å²) in [5, 5.41) is 8.76. The molecule has 0 aliphatic carbocycles. The highest BCUT2D eigenvalue weighted by Crippen LogP contribution is 2.12. The summed E-state index contributed by atoms with van der Waals surface area (Å²) in [6.45, 7) is 0. The van der Waals surface area contributed by atoms with Crippen LogP contribution in [0.4, 0.5) is 0 Å². The lowest BCUT2D eigenvalue weighted by atomic mass is 10.3. The zero-order valence-electron chi connectivity index (χ0n) is 8.51.